The number of piperidine rings is 2. The topological polar surface area (TPSA) is 161 Å². The first-order chi connectivity index (χ1) is 29.1. The van der Waals surface area contributed by atoms with Gasteiger partial charge >= 0.3 is 0 Å². The van der Waals surface area contributed by atoms with E-state index in [0.29, 0.717) is 52.0 Å². The molecule has 13 nitrogen and oxygen atoms in total. The molecule has 60 heavy (non-hydrogen) atoms. The van der Waals surface area contributed by atoms with Gasteiger partial charge in [0, 0.05) is 73.4 Å². The fourth-order valence-corrected chi connectivity index (χ4v) is 8.17. The third-order valence-electron chi connectivity index (χ3n) is 11.3. The Morgan fingerprint density at radius 1 is 0.800 bits per heavy atom. The van der Waals surface area contributed by atoms with Crippen LogP contribution >= 0.6 is 11.6 Å². The van der Waals surface area contributed by atoms with Crippen LogP contribution in [0, 0.1) is 11.7 Å². The molecule has 1 aromatic heterocycles. The zero-order valence-electron chi connectivity index (χ0n) is 32.8. The van der Waals surface area contributed by atoms with Crippen molar-refractivity contribution in [3.05, 3.63) is 131 Å². The van der Waals surface area contributed by atoms with Crippen LogP contribution in [0.25, 0.3) is 0 Å². The molecule has 2 atom stereocenters. The first-order valence-corrected chi connectivity index (χ1v) is 20.6. The Balaban J connectivity index is 0.767. The number of nitrogens with zero attached hydrogens (tertiary/aromatic N) is 4. The van der Waals surface area contributed by atoms with E-state index in [-0.39, 0.29) is 47.4 Å². The van der Waals surface area contributed by atoms with Crippen LogP contribution in [-0.4, -0.2) is 77.3 Å². The van der Waals surface area contributed by atoms with Crippen LogP contribution < -0.4 is 31.5 Å². The van der Waals surface area contributed by atoms with Gasteiger partial charge in [-0.2, -0.15) is 4.98 Å². The average Bonchev–Trinajstić information content (AvgIpc) is 3.72. The normalized spacial score (nSPS) is 18.5. The first-order valence-electron chi connectivity index (χ1n) is 20.2. The number of nitrogens with one attached hydrogen (secondary N) is 5. The molecule has 2 unspecified atom stereocenters. The molecule has 3 saturated heterocycles. The molecule has 0 aliphatic carbocycles. The third kappa shape index (κ3) is 9.89. The SMILES string of the molecule is O=C1CCC(c2ccc(N3CCC(CN4CCC(NC(=O)c5ccc(Nc6ncc(F)c(Nc7ccc(C(=O)Nc8ccccc8Cl)cc7)n6)cc5)CC4)C3)cc2)C(=O)N1. The number of halogens is 2. The number of hydrogen-bond acceptors (Lipinski definition) is 10. The second-order valence-corrected chi connectivity index (χ2v) is 15.9. The van der Waals surface area contributed by atoms with Crippen LogP contribution in [0.5, 0.6) is 0 Å². The Hall–Kier alpha value is -6.38. The van der Waals surface area contributed by atoms with Crippen molar-refractivity contribution in [2.45, 2.75) is 44.1 Å². The summed E-state index contributed by atoms with van der Waals surface area (Å²) in [6.07, 6.45) is 4.86. The van der Waals surface area contributed by atoms with Crippen molar-refractivity contribution >= 4 is 69.7 Å². The number of anilines is 6. The van der Waals surface area contributed by atoms with Gasteiger partial charge in [-0.25, -0.2) is 9.37 Å². The molecular weight excluding hydrogens is 785 g/mol. The highest BCUT2D eigenvalue weighted by Crippen LogP contribution is 2.30. The number of likely N-dealkylation sites (tertiary alicyclic amines) is 1. The number of rotatable bonds is 12. The van der Waals surface area contributed by atoms with E-state index < -0.39 is 5.82 Å². The van der Waals surface area contributed by atoms with E-state index in [1.165, 1.54) is 0 Å². The Morgan fingerprint density at radius 2 is 1.48 bits per heavy atom. The molecule has 5 N–H and O–H groups in total. The van der Waals surface area contributed by atoms with Gasteiger partial charge in [0.1, 0.15) is 0 Å². The predicted octanol–water partition coefficient (Wildman–Crippen LogP) is 7.25. The second-order valence-electron chi connectivity index (χ2n) is 15.5. The zero-order valence-corrected chi connectivity index (χ0v) is 33.6. The minimum atomic E-state index is -0.656. The molecule has 3 aliphatic rings. The summed E-state index contributed by atoms with van der Waals surface area (Å²) < 4.78 is 14.7. The van der Waals surface area contributed by atoms with Crippen LogP contribution in [0.2, 0.25) is 5.02 Å². The van der Waals surface area contributed by atoms with Gasteiger partial charge in [-0.1, -0.05) is 35.9 Å². The van der Waals surface area contributed by atoms with E-state index in [9.17, 15) is 23.6 Å². The molecule has 5 aromatic rings. The van der Waals surface area contributed by atoms with Crippen LogP contribution in [0.15, 0.2) is 103 Å². The van der Waals surface area contributed by atoms with Gasteiger partial charge in [-0.3, -0.25) is 24.5 Å². The molecule has 0 radical (unpaired) electrons. The number of carbonyl (C=O) groups excluding carboxylic acids is 4. The molecule has 3 aliphatic heterocycles. The van der Waals surface area contributed by atoms with Crippen molar-refractivity contribution in [2.24, 2.45) is 5.92 Å². The van der Waals surface area contributed by atoms with Crippen molar-refractivity contribution in [1.29, 1.82) is 0 Å². The number of aromatic nitrogens is 2. The van der Waals surface area contributed by atoms with Gasteiger partial charge in [0.15, 0.2) is 11.6 Å². The highest BCUT2D eigenvalue weighted by Gasteiger charge is 2.30. The number of para-hydroxylation sites is 1. The quantitative estimate of drug-likeness (QED) is 0.0811. The lowest BCUT2D eigenvalue weighted by Crippen LogP contribution is -2.46. The Kier molecular flexibility index (Phi) is 12.3. The van der Waals surface area contributed by atoms with Gasteiger partial charge in [0.05, 0.1) is 22.8 Å². The molecule has 4 heterocycles. The monoisotopic (exact) mass is 829 g/mol. The Labute approximate surface area is 352 Å². The van der Waals surface area contributed by atoms with E-state index >= 15 is 0 Å². The molecule has 8 rings (SSSR count). The van der Waals surface area contributed by atoms with Crippen LogP contribution in [0.4, 0.5) is 38.9 Å². The summed E-state index contributed by atoms with van der Waals surface area (Å²) in [5.41, 5.74) is 4.68. The molecule has 4 amide bonds. The van der Waals surface area contributed by atoms with E-state index in [0.717, 1.165) is 69.4 Å². The summed E-state index contributed by atoms with van der Waals surface area (Å²) in [6.45, 7) is 4.84. The number of benzene rings is 4. The fraction of sp³-hybridized carbons (Fsp3) is 0.289. The number of carbonyl (C=O) groups is 4. The largest absolute Gasteiger partial charge is 0.371 e. The van der Waals surface area contributed by atoms with E-state index in [1.54, 1.807) is 72.8 Å². The summed E-state index contributed by atoms with van der Waals surface area (Å²) in [4.78, 5) is 62.9. The number of hydrogen-bond donors (Lipinski definition) is 5. The minimum Gasteiger partial charge on any atom is -0.371 e. The molecule has 308 valence electrons. The second kappa shape index (κ2) is 18.3. The lowest BCUT2D eigenvalue weighted by Gasteiger charge is -2.34. The summed E-state index contributed by atoms with van der Waals surface area (Å²) >= 11 is 6.15. The first kappa shape index (κ1) is 40.4. The molecule has 0 spiro atoms. The maximum atomic E-state index is 14.7. The maximum absolute atomic E-state index is 14.7. The van der Waals surface area contributed by atoms with Gasteiger partial charge in [-0.05, 0) is 110 Å². The van der Waals surface area contributed by atoms with Crippen LogP contribution in [-0.2, 0) is 9.59 Å². The lowest BCUT2D eigenvalue weighted by atomic mass is 9.90. The van der Waals surface area contributed by atoms with E-state index in [4.69, 9.17) is 11.6 Å². The predicted molar refractivity (Wildman–Crippen MR) is 230 cm³/mol. The van der Waals surface area contributed by atoms with Crippen molar-refractivity contribution in [3.63, 3.8) is 0 Å². The molecule has 3 fully saturated rings. The summed E-state index contributed by atoms with van der Waals surface area (Å²) in [6, 6.07) is 28.7. The van der Waals surface area contributed by atoms with E-state index in [2.05, 4.69) is 58.5 Å². The van der Waals surface area contributed by atoms with Crippen molar-refractivity contribution in [1.82, 2.24) is 25.5 Å². The van der Waals surface area contributed by atoms with Crippen LogP contribution in [0.1, 0.15) is 64.3 Å². The highest BCUT2D eigenvalue weighted by atomic mass is 35.5. The van der Waals surface area contributed by atoms with Crippen molar-refractivity contribution in [3.8, 4) is 0 Å². The molecular formula is C45H45ClFN9O4. The Morgan fingerprint density at radius 3 is 2.18 bits per heavy atom. The highest BCUT2D eigenvalue weighted by molar-refractivity contribution is 6.33. The Bertz CT molecular complexity index is 2360. The molecule has 0 bridgehead atoms. The fourth-order valence-electron chi connectivity index (χ4n) is 7.99. The van der Waals surface area contributed by atoms with E-state index in [1.807, 2.05) is 12.1 Å². The third-order valence-corrected chi connectivity index (χ3v) is 11.6. The van der Waals surface area contributed by atoms with Crippen molar-refractivity contribution < 1.29 is 23.6 Å². The zero-order chi connectivity index (χ0) is 41.6. The number of imide groups is 1. The smallest absolute Gasteiger partial charge is 0.255 e. The summed E-state index contributed by atoms with van der Waals surface area (Å²) in [7, 11) is 0. The molecule has 0 saturated carbocycles. The number of amides is 4. The standard InChI is InChI=1S/C45H45ClFN9O4/c46-37-3-1-2-4-39(37)52-43(59)31-5-11-32(12-6-31)49-41-38(47)25-48-45(54-41)51-33-13-7-30(8-14-33)42(58)50-34-20-22-55(23-21-34)26-28-19-24-56(27-28)35-15-9-29(10-16-35)36-17-18-40(57)53-44(36)60/h1-16,25,28,34,36H,17-24,26-27H2,(H,50,58)(H,52,59)(H,53,57,60)(H2,48,49,51,54). The maximum Gasteiger partial charge on any atom is 0.255 e. The van der Waals surface area contributed by atoms with Gasteiger partial charge in [0.25, 0.3) is 11.8 Å². The lowest BCUT2D eigenvalue weighted by molar-refractivity contribution is -0.134. The van der Waals surface area contributed by atoms with Gasteiger partial charge < -0.3 is 31.1 Å². The van der Waals surface area contributed by atoms with Gasteiger partial charge in [-0.15, -0.1) is 0 Å². The average molecular weight is 830 g/mol. The van der Waals surface area contributed by atoms with Crippen molar-refractivity contribution in [2.75, 3.05) is 53.6 Å². The van der Waals surface area contributed by atoms with Gasteiger partial charge in [0.2, 0.25) is 17.8 Å². The van der Waals surface area contributed by atoms with Crippen LogP contribution in [0.3, 0.4) is 0 Å². The minimum absolute atomic E-state index is 0.0521. The summed E-state index contributed by atoms with van der Waals surface area (Å²) in [5, 5.41) is 14.8. The molecule has 15 heteroatoms. The summed E-state index contributed by atoms with van der Waals surface area (Å²) in [5.74, 6) is -1.14. The molecule has 4 aromatic carbocycles.